The zero-order chi connectivity index (χ0) is 24.5. The van der Waals surface area contributed by atoms with Crippen LogP contribution in [0.2, 0.25) is 0 Å². The number of aryl methyl sites for hydroxylation is 1. The average Bonchev–Trinajstić information content (AvgIpc) is 3.32. The summed E-state index contributed by atoms with van der Waals surface area (Å²) in [5.41, 5.74) is 1.08. The van der Waals surface area contributed by atoms with Crippen LogP contribution in [-0.2, 0) is 19.1 Å². The smallest absolute Gasteiger partial charge is 0.326 e. The number of rotatable bonds is 8. The van der Waals surface area contributed by atoms with Gasteiger partial charge < -0.3 is 9.47 Å². The van der Waals surface area contributed by atoms with Crippen LogP contribution >= 0.6 is 11.8 Å². The van der Waals surface area contributed by atoms with E-state index in [1.54, 1.807) is 36.0 Å². The summed E-state index contributed by atoms with van der Waals surface area (Å²) in [4.78, 5) is 42.2. The predicted octanol–water partition coefficient (Wildman–Crippen LogP) is 3.51. The van der Waals surface area contributed by atoms with Gasteiger partial charge in [-0.3, -0.25) is 19.7 Å². The maximum atomic E-state index is 13.9. The molecule has 4 atom stereocenters. The third-order valence-electron chi connectivity index (χ3n) is 6.83. The number of carbonyl (C=O) groups excluding carboxylic acids is 3. The van der Waals surface area contributed by atoms with Gasteiger partial charge in [0.1, 0.15) is 11.3 Å². The Hall–Kier alpha value is -2.84. The van der Waals surface area contributed by atoms with Gasteiger partial charge in [-0.25, -0.2) is 4.90 Å². The molecule has 2 aromatic carbocycles. The lowest BCUT2D eigenvalue weighted by molar-refractivity contribution is -0.152. The molecule has 4 rings (SSSR count). The van der Waals surface area contributed by atoms with Gasteiger partial charge in [0, 0.05) is 6.04 Å². The number of amides is 2. The number of anilines is 1. The van der Waals surface area contributed by atoms with Crippen molar-refractivity contribution in [3.05, 3.63) is 59.7 Å². The summed E-state index contributed by atoms with van der Waals surface area (Å²) in [6.45, 7) is 4.38. The zero-order valence-corrected chi connectivity index (χ0v) is 20.7. The van der Waals surface area contributed by atoms with Crippen molar-refractivity contribution in [1.29, 1.82) is 0 Å². The van der Waals surface area contributed by atoms with Crippen LogP contribution in [0.15, 0.2) is 48.5 Å². The fraction of sp³-hybridized carbons (Fsp3) is 0.423. The summed E-state index contributed by atoms with van der Waals surface area (Å²) in [5, 5.41) is 3.43. The number of methoxy groups -OCH3 is 1. The number of nitrogens with one attached hydrogen (secondary N) is 1. The second kappa shape index (κ2) is 9.80. The van der Waals surface area contributed by atoms with Gasteiger partial charge in [0.25, 0.3) is 0 Å². The lowest BCUT2D eigenvalue weighted by atomic mass is 9.77. The molecule has 2 aliphatic rings. The topological polar surface area (TPSA) is 84.9 Å². The first-order valence-electron chi connectivity index (χ1n) is 11.4. The SMILES string of the molecule is CCOc1ccc(N2C(=O)C3C(c4ccccc4C)NC(CCSC)(C(=O)OC)C3C2=O)cc1. The van der Waals surface area contributed by atoms with Crippen LogP contribution in [0.5, 0.6) is 5.75 Å². The molecule has 0 radical (unpaired) electrons. The molecular formula is C26H30N2O5S. The zero-order valence-electron chi connectivity index (χ0n) is 19.9. The fourth-order valence-electron chi connectivity index (χ4n) is 5.28. The molecule has 2 saturated heterocycles. The lowest BCUT2D eigenvalue weighted by Gasteiger charge is -2.32. The number of esters is 1. The first-order chi connectivity index (χ1) is 16.4. The first-order valence-corrected chi connectivity index (χ1v) is 12.8. The van der Waals surface area contributed by atoms with Crippen molar-refractivity contribution >= 4 is 35.2 Å². The molecule has 2 heterocycles. The Balaban J connectivity index is 1.83. The molecule has 34 heavy (non-hydrogen) atoms. The van der Waals surface area contributed by atoms with E-state index >= 15 is 0 Å². The number of benzene rings is 2. The van der Waals surface area contributed by atoms with E-state index in [2.05, 4.69) is 5.32 Å². The van der Waals surface area contributed by atoms with E-state index in [9.17, 15) is 14.4 Å². The van der Waals surface area contributed by atoms with E-state index < -0.39 is 29.4 Å². The summed E-state index contributed by atoms with van der Waals surface area (Å²) >= 11 is 1.58. The molecule has 4 unspecified atom stereocenters. The first kappa shape index (κ1) is 24.3. The van der Waals surface area contributed by atoms with Gasteiger partial charge in [-0.1, -0.05) is 24.3 Å². The lowest BCUT2D eigenvalue weighted by Crippen LogP contribution is -2.56. The molecule has 0 aromatic heterocycles. The average molecular weight is 483 g/mol. The summed E-state index contributed by atoms with van der Waals surface area (Å²) in [6.07, 6.45) is 2.32. The second-order valence-electron chi connectivity index (χ2n) is 8.63. The van der Waals surface area contributed by atoms with Crippen molar-refractivity contribution in [2.24, 2.45) is 11.8 Å². The van der Waals surface area contributed by atoms with E-state index in [-0.39, 0.29) is 11.8 Å². The highest BCUT2D eigenvalue weighted by atomic mass is 32.2. The number of fused-ring (bicyclic) bond motifs is 1. The van der Waals surface area contributed by atoms with Crippen molar-refractivity contribution in [2.75, 3.05) is 30.6 Å². The number of hydrogen-bond acceptors (Lipinski definition) is 7. The molecule has 0 aliphatic carbocycles. The molecule has 8 heteroatoms. The number of thioether (sulfide) groups is 1. The summed E-state index contributed by atoms with van der Waals surface area (Å²) < 4.78 is 10.7. The number of nitrogens with zero attached hydrogens (tertiary/aromatic N) is 1. The van der Waals surface area contributed by atoms with Gasteiger partial charge in [-0.2, -0.15) is 11.8 Å². The van der Waals surface area contributed by atoms with E-state index in [1.165, 1.54) is 12.0 Å². The van der Waals surface area contributed by atoms with Crippen LogP contribution < -0.4 is 15.0 Å². The van der Waals surface area contributed by atoms with E-state index in [4.69, 9.17) is 9.47 Å². The number of hydrogen-bond donors (Lipinski definition) is 1. The third kappa shape index (κ3) is 3.88. The Morgan fingerprint density at radius 1 is 1.12 bits per heavy atom. The number of imide groups is 1. The van der Waals surface area contributed by atoms with Gasteiger partial charge in [-0.05, 0) is 67.7 Å². The molecule has 180 valence electrons. The van der Waals surface area contributed by atoms with Gasteiger partial charge in [0.05, 0.1) is 31.2 Å². The van der Waals surface area contributed by atoms with E-state index in [0.717, 1.165) is 11.1 Å². The fourth-order valence-corrected chi connectivity index (χ4v) is 5.81. The minimum absolute atomic E-state index is 0.310. The van der Waals surface area contributed by atoms with Crippen molar-refractivity contribution in [3.8, 4) is 5.75 Å². The van der Waals surface area contributed by atoms with Crippen molar-refractivity contribution in [1.82, 2.24) is 5.32 Å². The largest absolute Gasteiger partial charge is 0.494 e. The van der Waals surface area contributed by atoms with Crippen molar-refractivity contribution < 1.29 is 23.9 Å². The molecule has 2 fully saturated rings. The molecule has 0 bridgehead atoms. The maximum Gasteiger partial charge on any atom is 0.326 e. The van der Waals surface area contributed by atoms with Crippen molar-refractivity contribution in [3.63, 3.8) is 0 Å². The monoisotopic (exact) mass is 482 g/mol. The summed E-state index contributed by atoms with van der Waals surface area (Å²) in [6, 6.07) is 14.2. The highest BCUT2D eigenvalue weighted by Crippen LogP contribution is 2.52. The van der Waals surface area contributed by atoms with Gasteiger partial charge >= 0.3 is 5.97 Å². The molecule has 1 N–H and O–H groups in total. The van der Waals surface area contributed by atoms with Crippen molar-refractivity contribution in [2.45, 2.75) is 31.8 Å². The standard InChI is InChI=1S/C26H30N2O5S/c1-5-33-18-12-10-17(11-13-18)28-23(29)20-21(24(28)30)26(14-15-34-4,25(31)32-3)27-22(20)19-9-7-6-8-16(19)2/h6-13,20-22,27H,5,14-15H2,1-4H3. The normalized spacial score (nSPS) is 26.0. The Morgan fingerprint density at radius 3 is 2.44 bits per heavy atom. The van der Waals surface area contributed by atoms with Crippen LogP contribution in [0.1, 0.15) is 30.5 Å². The Bertz CT molecular complexity index is 1090. The molecule has 2 amide bonds. The molecule has 0 saturated carbocycles. The highest BCUT2D eigenvalue weighted by Gasteiger charge is 2.68. The molecule has 2 aromatic rings. The minimum atomic E-state index is -1.29. The summed E-state index contributed by atoms with van der Waals surface area (Å²) in [5.74, 6) is -1.49. The van der Waals surface area contributed by atoms with Crippen LogP contribution in [0.25, 0.3) is 0 Å². The Morgan fingerprint density at radius 2 is 1.82 bits per heavy atom. The minimum Gasteiger partial charge on any atom is -0.494 e. The Labute approximate surface area is 204 Å². The Kier molecular flexibility index (Phi) is 7.00. The second-order valence-corrected chi connectivity index (χ2v) is 9.61. The summed E-state index contributed by atoms with van der Waals surface area (Å²) in [7, 11) is 1.33. The molecular weight excluding hydrogens is 452 g/mol. The van der Waals surface area contributed by atoms with Crippen LogP contribution in [-0.4, -0.2) is 49.0 Å². The van der Waals surface area contributed by atoms with Gasteiger partial charge in [0.2, 0.25) is 11.8 Å². The van der Waals surface area contributed by atoms with E-state index in [1.807, 2.05) is 44.4 Å². The highest BCUT2D eigenvalue weighted by molar-refractivity contribution is 7.98. The number of carbonyl (C=O) groups is 3. The van der Waals surface area contributed by atoms with Crippen LogP contribution in [0.4, 0.5) is 5.69 Å². The van der Waals surface area contributed by atoms with Gasteiger partial charge in [0.15, 0.2) is 0 Å². The number of ether oxygens (including phenoxy) is 2. The predicted molar refractivity (Wildman–Crippen MR) is 132 cm³/mol. The van der Waals surface area contributed by atoms with Crippen LogP contribution in [0, 0.1) is 18.8 Å². The van der Waals surface area contributed by atoms with E-state index in [0.29, 0.717) is 30.2 Å². The molecule has 7 nitrogen and oxygen atoms in total. The third-order valence-corrected chi connectivity index (χ3v) is 7.45. The van der Waals surface area contributed by atoms with Gasteiger partial charge in [-0.15, -0.1) is 0 Å². The molecule has 0 spiro atoms. The maximum absolute atomic E-state index is 13.9. The quantitative estimate of drug-likeness (QED) is 0.455. The molecule has 2 aliphatic heterocycles. The van der Waals surface area contributed by atoms with Crippen LogP contribution in [0.3, 0.4) is 0 Å².